The third kappa shape index (κ3) is 2.25. The normalized spacial score (nSPS) is 27.0. The Kier molecular flexibility index (Phi) is 3.62. The fourth-order valence-electron chi connectivity index (χ4n) is 4.67. The zero-order valence-corrected chi connectivity index (χ0v) is 15.6. The number of benzene rings is 1. The Bertz CT molecular complexity index is 969. The molecule has 5 rings (SSSR count). The summed E-state index contributed by atoms with van der Waals surface area (Å²) in [5.74, 6) is 0.644. The Balaban J connectivity index is 1.57. The van der Waals surface area contributed by atoms with E-state index >= 15 is 0 Å². The van der Waals surface area contributed by atoms with Gasteiger partial charge >= 0.3 is 0 Å². The van der Waals surface area contributed by atoms with Crippen LogP contribution in [0, 0.1) is 0 Å². The molecule has 3 aliphatic rings. The summed E-state index contributed by atoms with van der Waals surface area (Å²) in [6.45, 7) is 1.53. The second-order valence-electron chi connectivity index (χ2n) is 7.54. The number of sulfone groups is 1. The van der Waals surface area contributed by atoms with Gasteiger partial charge in [-0.05, 0) is 48.2 Å². The summed E-state index contributed by atoms with van der Waals surface area (Å²) in [5.41, 5.74) is 2.83. The van der Waals surface area contributed by atoms with Crippen LogP contribution in [0.1, 0.15) is 30.7 Å². The summed E-state index contributed by atoms with van der Waals surface area (Å²) in [6, 6.07) is 10.1. The highest BCUT2D eigenvalue weighted by molar-refractivity contribution is 7.92. The summed E-state index contributed by atoms with van der Waals surface area (Å²) >= 11 is 0. The second kappa shape index (κ2) is 5.79. The van der Waals surface area contributed by atoms with Gasteiger partial charge in [-0.1, -0.05) is 12.5 Å². The van der Waals surface area contributed by atoms with Crippen molar-refractivity contribution in [2.75, 3.05) is 20.2 Å². The smallest absolute Gasteiger partial charge is 0.221 e. The van der Waals surface area contributed by atoms with Crippen LogP contribution in [0.5, 0.6) is 5.88 Å². The van der Waals surface area contributed by atoms with Crippen LogP contribution in [-0.2, 0) is 9.84 Å². The third-order valence-electron chi connectivity index (χ3n) is 6.28. The van der Waals surface area contributed by atoms with Gasteiger partial charge in [-0.15, -0.1) is 0 Å². The van der Waals surface area contributed by atoms with Gasteiger partial charge in [0.05, 0.1) is 17.3 Å². The number of rotatable bonds is 3. The molecule has 0 unspecified atom stereocenters. The van der Waals surface area contributed by atoms with Crippen LogP contribution < -0.4 is 4.74 Å². The average molecular weight is 370 g/mol. The lowest BCUT2D eigenvalue weighted by atomic mass is 9.91. The Morgan fingerprint density at radius 1 is 1.19 bits per heavy atom. The maximum absolute atomic E-state index is 13.0. The molecular formula is C20H22N2O3S. The summed E-state index contributed by atoms with van der Waals surface area (Å²) in [6.07, 6.45) is 5.38. The van der Waals surface area contributed by atoms with Crippen molar-refractivity contribution in [1.82, 2.24) is 9.88 Å². The molecule has 2 fully saturated rings. The van der Waals surface area contributed by atoms with E-state index in [1.807, 2.05) is 24.3 Å². The minimum Gasteiger partial charge on any atom is -0.481 e. The number of nitrogens with zero attached hydrogens (tertiary/aromatic N) is 2. The van der Waals surface area contributed by atoms with E-state index in [0.29, 0.717) is 23.4 Å². The summed E-state index contributed by atoms with van der Waals surface area (Å²) in [7, 11) is -1.63. The molecule has 2 aliphatic heterocycles. The van der Waals surface area contributed by atoms with E-state index in [2.05, 4.69) is 9.88 Å². The van der Waals surface area contributed by atoms with Gasteiger partial charge in [-0.25, -0.2) is 13.4 Å². The molecule has 136 valence electrons. The van der Waals surface area contributed by atoms with Crippen molar-refractivity contribution in [3.05, 3.63) is 42.1 Å². The van der Waals surface area contributed by atoms with Gasteiger partial charge in [0.1, 0.15) is 0 Å². The van der Waals surface area contributed by atoms with Crippen LogP contribution in [0.2, 0.25) is 0 Å². The number of hydrogen-bond donors (Lipinski definition) is 0. The average Bonchev–Trinajstić information content (AvgIpc) is 3.12. The molecule has 5 nitrogen and oxygen atoms in total. The minimum atomic E-state index is -3.24. The van der Waals surface area contributed by atoms with Crippen molar-refractivity contribution in [2.24, 2.45) is 0 Å². The SMILES string of the molecule is COc1ncccc1-c1ccc2c(c1)[C@@H]1CN(C3CCC3)C[C@@H]1S2(=O)=O. The highest BCUT2D eigenvalue weighted by Crippen LogP contribution is 2.48. The van der Waals surface area contributed by atoms with Gasteiger partial charge in [-0.3, -0.25) is 4.90 Å². The first-order valence-electron chi connectivity index (χ1n) is 9.21. The van der Waals surface area contributed by atoms with Crippen LogP contribution in [0.4, 0.5) is 0 Å². The van der Waals surface area contributed by atoms with Crippen molar-refractivity contribution in [3.8, 4) is 17.0 Å². The second-order valence-corrected chi connectivity index (χ2v) is 9.68. The zero-order valence-electron chi connectivity index (χ0n) is 14.8. The Labute approximate surface area is 153 Å². The number of hydrogen-bond acceptors (Lipinski definition) is 5. The lowest BCUT2D eigenvalue weighted by molar-refractivity contribution is 0.157. The van der Waals surface area contributed by atoms with Crippen molar-refractivity contribution < 1.29 is 13.2 Å². The highest BCUT2D eigenvalue weighted by Gasteiger charge is 2.51. The fourth-order valence-corrected chi connectivity index (χ4v) is 6.84. The highest BCUT2D eigenvalue weighted by atomic mass is 32.2. The molecule has 1 saturated carbocycles. The largest absolute Gasteiger partial charge is 0.481 e. The first-order chi connectivity index (χ1) is 12.6. The molecule has 0 radical (unpaired) electrons. The van der Waals surface area contributed by atoms with E-state index in [0.717, 1.165) is 23.2 Å². The molecule has 1 saturated heterocycles. The molecule has 0 N–H and O–H groups in total. The predicted molar refractivity (Wildman–Crippen MR) is 99.2 cm³/mol. The molecule has 1 aromatic heterocycles. The van der Waals surface area contributed by atoms with Gasteiger partial charge in [-0.2, -0.15) is 0 Å². The molecule has 0 bridgehead atoms. The standard InChI is InChI=1S/C20H22N2O3S/c1-25-20-15(6-3-9-21-20)13-7-8-18-16(10-13)17-11-22(14-4-2-5-14)12-19(17)26(18,23)24/h3,6-10,14,17,19H,2,4-5,11-12H2,1H3/t17-,19-/m0/s1. The summed E-state index contributed by atoms with van der Waals surface area (Å²) < 4.78 is 31.5. The zero-order chi connectivity index (χ0) is 17.9. The topological polar surface area (TPSA) is 59.5 Å². The molecule has 3 heterocycles. The summed E-state index contributed by atoms with van der Waals surface area (Å²) in [5, 5.41) is -0.288. The predicted octanol–water partition coefficient (Wildman–Crippen LogP) is 2.86. The van der Waals surface area contributed by atoms with E-state index in [1.165, 1.54) is 19.3 Å². The van der Waals surface area contributed by atoms with Gasteiger partial charge < -0.3 is 4.74 Å². The van der Waals surface area contributed by atoms with E-state index in [4.69, 9.17) is 4.74 Å². The van der Waals surface area contributed by atoms with Crippen LogP contribution in [0.25, 0.3) is 11.1 Å². The molecule has 2 atom stereocenters. The summed E-state index contributed by atoms with van der Waals surface area (Å²) in [4.78, 5) is 7.19. The van der Waals surface area contributed by atoms with Gasteiger partial charge in [0.25, 0.3) is 0 Å². The lowest BCUT2D eigenvalue weighted by Gasteiger charge is -2.35. The maximum Gasteiger partial charge on any atom is 0.221 e. The lowest BCUT2D eigenvalue weighted by Crippen LogP contribution is -2.39. The van der Waals surface area contributed by atoms with Crippen LogP contribution >= 0.6 is 0 Å². The van der Waals surface area contributed by atoms with Crippen LogP contribution in [0.3, 0.4) is 0 Å². The maximum atomic E-state index is 13.0. The molecular weight excluding hydrogens is 348 g/mol. The number of ether oxygens (including phenoxy) is 1. The van der Waals surface area contributed by atoms with Gasteiger partial charge in [0.15, 0.2) is 9.84 Å². The number of pyridine rings is 1. The van der Waals surface area contributed by atoms with Gasteiger partial charge in [0.2, 0.25) is 5.88 Å². The molecule has 6 heteroatoms. The first-order valence-corrected chi connectivity index (χ1v) is 10.8. The first kappa shape index (κ1) is 16.3. The number of fused-ring (bicyclic) bond motifs is 3. The van der Waals surface area contributed by atoms with E-state index in [1.54, 1.807) is 19.4 Å². The van der Waals surface area contributed by atoms with Crippen LogP contribution in [0.15, 0.2) is 41.4 Å². The quantitative estimate of drug-likeness (QED) is 0.831. The molecule has 2 aromatic rings. The Morgan fingerprint density at radius 3 is 2.77 bits per heavy atom. The van der Waals surface area contributed by atoms with Crippen molar-refractivity contribution >= 4 is 9.84 Å². The number of methoxy groups -OCH3 is 1. The Hall–Kier alpha value is -1.92. The molecule has 1 aromatic carbocycles. The number of likely N-dealkylation sites (tertiary alicyclic amines) is 1. The van der Waals surface area contributed by atoms with Crippen molar-refractivity contribution in [3.63, 3.8) is 0 Å². The minimum absolute atomic E-state index is 0.0817. The van der Waals surface area contributed by atoms with Crippen molar-refractivity contribution in [1.29, 1.82) is 0 Å². The van der Waals surface area contributed by atoms with E-state index in [-0.39, 0.29) is 11.2 Å². The fraction of sp³-hybridized carbons (Fsp3) is 0.450. The third-order valence-corrected chi connectivity index (χ3v) is 8.53. The Morgan fingerprint density at radius 2 is 2.04 bits per heavy atom. The monoisotopic (exact) mass is 370 g/mol. The molecule has 26 heavy (non-hydrogen) atoms. The molecule has 1 aliphatic carbocycles. The van der Waals surface area contributed by atoms with Crippen LogP contribution in [-0.4, -0.2) is 49.8 Å². The van der Waals surface area contributed by atoms with E-state index in [9.17, 15) is 8.42 Å². The number of aromatic nitrogens is 1. The van der Waals surface area contributed by atoms with Gasteiger partial charge in [0, 0.05) is 36.8 Å². The van der Waals surface area contributed by atoms with E-state index < -0.39 is 9.84 Å². The molecule has 0 amide bonds. The van der Waals surface area contributed by atoms with Crippen molar-refractivity contribution in [2.45, 2.75) is 41.4 Å². The molecule has 0 spiro atoms.